The Labute approximate surface area is 254 Å². The zero-order valence-corrected chi connectivity index (χ0v) is 26.1. The van der Waals surface area contributed by atoms with Gasteiger partial charge in [0.25, 0.3) is 5.91 Å². The number of halogens is 1. The van der Waals surface area contributed by atoms with Crippen LogP contribution in [-0.4, -0.2) is 52.5 Å². The number of sulfonamides is 1. The predicted octanol–water partition coefficient (Wildman–Crippen LogP) is 6.04. The number of carbonyl (C=O) groups is 1. The van der Waals surface area contributed by atoms with Gasteiger partial charge in [-0.25, -0.2) is 13.1 Å². The van der Waals surface area contributed by atoms with E-state index in [1.54, 1.807) is 13.2 Å². The Morgan fingerprint density at radius 2 is 2.02 bits per heavy atom. The highest BCUT2D eigenvalue weighted by Gasteiger charge is 2.44. The van der Waals surface area contributed by atoms with E-state index in [2.05, 4.69) is 33.9 Å². The van der Waals surface area contributed by atoms with Gasteiger partial charge in [-0.2, -0.15) is 0 Å². The Morgan fingerprint density at radius 1 is 1.17 bits per heavy atom. The fraction of sp³-hybridized carbons (Fsp3) is 0.545. The van der Waals surface area contributed by atoms with Gasteiger partial charge in [0.05, 0.1) is 23.6 Å². The van der Waals surface area contributed by atoms with E-state index in [4.69, 9.17) is 21.1 Å². The van der Waals surface area contributed by atoms with Gasteiger partial charge in [0, 0.05) is 36.2 Å². The van der Waals surface area contributed by atoms with E-state index >= 15 is 0 Å². The zero-order valence-electron chi connectivity index (χ0n) is 24.5. The van der Waals surface area contributed by atoms with Gasteiger partial charge in [0.15, 0.2) is 0 Å². The van der Waals surface area contributed by atoms with Crippen molar-refractivity contribution in [2.75, 3.05) is 31.7 Å². The van der Waals surface area contributed by atoms with E-state index < -0.39 is 21.2 Å². The largest absolute Gasteiger partial charge is 0.490 e. The lowest BCUT2D eigenvalue weighted by molar-refractivity contribution is 0.0132. The van der Waals surface area contributed by atoms with E-state index in [1.807, 2.05) is 25.1 Å². The van der Waals surface area contributed by atoms with E-state index in [-0.39, 0.29) is 11.5 Å². The van der Waals surface area contributed by atoms with Crippen LogP contribution in [0.3, 0.4) is 0 Å². The summed E-state index contributed by atoms with van der Waals surface area (Å²) >= 11 is 6.40. The normalized spacial score (nSPS) is 31.5. The minimum absolute atomic E-state index is 0.0198. The van der Waals surface area contributed by atoms with E-state index in [1.165, 1.54) is 11.1 Å². The van der Waals surface area contributed by atoms with E-state index in [0.717, 1.165) is 61.7 Å². The molecule has 9 heteroatoms. The summed E-state index contributed by atoms with van der Waals surface area (Å²) in [5, 5.41) is 0.0948. The summed E-state index contributed by atoms with van der Waals surface area (Å²) < 4.78 is 41.4. The van der Waals surface area contributed by atoms with Crippen LogP contribution in [0.5, 0.6) is 5.75 Å². The highest BCUT2D eigenvalue weighted by atomic mass is 35.5. The average molecular weight is 613 g/mol. The molecule has 2 aromatic carbocycles. The van der Waals surface area contributed by atoms with Gasteiger partial charge in [0.2, 0.25) is 10.0 Å². The number of anilines is 1. The van der Waals surface area contributed by atoms with Gasteiger partial charge in [-0.15, -0.1) is 0 Å². The molecule has 4 aliphatic rings. The molecule has 0 radical (unpaired) electrons. The number of rotatable bonds is 2. The molecule has 226 valence electrons. The van der Waals surface area contributed by atoms with Gasteiger partial charge in [0.1, 0.15) is 5.75 Å². The van der Waals surface area contributed by atoms with Gasteiger partial charge >= 0.3 is 0 Å². The van der Waals surface area contributed by atoms with Crippen LogP contribution in [0.25, 0.3) is 0 Å². The molecule has 0 aromatic heterocycles. The van der Waals surface area contributed by atoms with Crippen molar-refractivity contribution < 1.29 is 22.7 Å². The van der Waals surface area contributed by atoms with Crippen LogP contribution in [-0.2, 0) is 26.6 Å². The van der Waals surface area contributed by atoms with Crippen LogP contribution in [0.2, 0.25) is 5.02 Å². The Bertz CT molecular complexity index is 1480. The lowest BCUT2D eigenvalue weighted by Crippen LogP contribution is -2.49. The summed E-state index contributed by atoms with van der Waals surface area (Å²) in [6.45, 7) is 3.92. The first kappa shape index (κ1) is 29.5. The summed E-state index contributed by atoms with van der Waals surface area (Å²) in [7, 11) is -2.09. The summed E-state index contributed by atoms with van der Waals surface area (Å²) in [4.78, 5) is 15.8. The fourth-order valence-electron chi connectivity index (χ4n) is 7.55. The number of carbonyl (C=O) groups excluding carboxylic acids is 1. The highest BCUT2D eigenvalue weighted by molar-refractivity contribution is 7.90. The first-order valence-corrected chi connectivity index (χ1v) is 17.2. The number of benzene rings is 2. The van der Waals surface area contributed by atoms with Crippen molar-refractivity contribution in [3.05, 3.63) is 70.3 Å². The summed E-state index contributed by atoms with van der Waals surface area (Å²) in [5.41, 5.74) is 3.50. The number of allylic oxidation sites excluding steroid dienone is 1. The predicted molar refractivity (Wildman–Crippen MR) is 166 cm³/mol. The Balaban J connectivity index is 1.42. The second kappa shape index (κ2) is 11.9. The lowest BCUT2D eigenvalue weighted by atomic mass is 9.68. The van der Waals surface area contributed by atoms with Gasteiger partial charge in [-0.3, -0.25) is 4.79 Å². The Kier molecular flexibility index (Phi) is 8.33. The molecule has 6 rings (SSSR count). The second-order valence-electron chi connectivity index (χ2n) is 12.5. The van der Waals surface area contributed by atoms with Crippen LogP contribution in [0.4, 0.5) is 5.69 Å². The molecule has 1 spiro atoms. The molecule has 2 aliphatic heterocycles. The summed E-state index contributed by atoms with van der Waals surface area (Å²) in [6, 6.07) is 11.6. The number of nitrogens with one attached hydrogen (secondary N) is 1. The average Bonchev–Trinajstić information content (AvgIpc) is 3.10. The molecule has 2 aromatic rings. The monoisotopic (exact) mass is 612 g/mol. The molecule has 5 atom stereocenters. The van der Waals surface area contributed by atoms with Crippen molar-refractivity contribution in [2.45, 2.75) is 75.1 Å². The Hall–Kier alpha value is -2.55. The molecule has 7 nitrogen and oxygen atoms in total. The minimum atomic E-state index is -3.85. The highest BCUT2D eigenvalue weighted by Crippen LogP contribution is 2.47. The van der Waals surface area contributed by atoms with Crippen molar-refractivity contribution in [1.82, 2.24) is 4.72 Å². The van der Waals surface area contributed by atoms with Crippen LogP contribution in [0, 0.1) is 11.8 Å². The summed E-state index contributed by atoms with van der Waals surface area (Å²) in [5.74, 6) is 0.915. The lowest BCUT2D eigenvalue weighted by Gasteiger charge is -2.46. The van der Waals surface area contributed by atoms with Crippen molar-refractivity contribution in [3.8, 4) is 5.75 Å². The number of fused-ring (bicyclic) bond motifs is 4. The quantitative estimate of drug-likeness (QED) is 0.416. The number of hydrogen-bond donors (Lipinski definition) is 1. The molecule has 42 heavy (non-hydrogen) atoms. The minimum Gasteiger partial charge on any atom is -0.490 e. The topological polar surface area (TPSA) is 84.9 Å². The molecular formula is C33H41ClN2O5S. The molecule has 2 heterocycles. The van der Waals surface area contributed by atoms with Gasteiger partial charge in [-0.05, 0) is 105 Å². The molecule has 0 saturated heterocycles. The smallest absolute Gasteiger partial charge is 0.264 e. The van der Waals surface area contributed by atoms with Crippen molar-refractivity contribution in [2.24, 2.45) is 11.8 Å². The standard InChI is InChI=1S/C33H41ClN2O5S/c1-3-26-8-4-5-9-30(40-2)27-13-10-24(27)19-36-20-33(16-6-7-22-17-25(34)12-14-28(22)33)21-41-31-15-11-23(18-29(31)36)32(37)35-42(26,38)39/h5,9,11-12,14-15,17-18,24,26-27,30H,3-4,6-8,10,13,16,19-21H2,1-2H3,(H,35,37)/b9-5-/t24-,26+,27+,30-,33-/m0/s1. The molecule has 2 aliphatic carbocycles. The molecule has 0 unspecified atom stereocenters. The molecular weight excluding hydrogens is 572 g/mol. The third kappa shape index (κ3) is 5.58. The van der Waals surface area contributed by atoms with Crippen molar-refractivity contribution in [3.63, 3.8) is 0 Å². The van der Waals surface area contributed by atoms with Gasteiger partial charge in [-0.1, -0.05) is 36.7 Å². The molecule has 1 saturated carbocycles. The SMILES string of the molecule is CC[C@@H]1CC/C=C\[C@H](OC)[C@@H]2CC[C@H]2CN2C[C@@]3(CCCc4cc(Cl)ccc43)COc3ccc(cc32)C(=O)NS1(=O)=O. The maximum absolute atomic E-state index is 13.4. The number of amides is 1. The maximum Gasteiger partial charge on any atom is 0.264 e. The third-order valence-electron chi connectivity index (χ3n) is 10.0. The van der Waals surface area contributed by atoms with Crippen LogP contribution < -0.4 is 14.4 Å². The number of aryl methyl sites for hydroxylation is 1. The molecule has 2 bridgehead atoms. The van der Waals surface area contributed by atoms with E-state index in [0.29, 0.717) is 43.3 Å². The van der Waals surface area contributed by atoms with Crippen LogP contribution in [0.15, 0.2) is 48.6 Å². The summed E-state index contributed by atoms with van der Waals surface area (Å²) in [6.07, 6.45) is 10.9. The van der Waals surface area contributed by atoms with Crippen molar-refractivity contribution >= 4 is 33.2 Å². The third-order valence-corrected chi connectivity index (χ3v) is 12.2. The maximum atomic E-state index is 13.4. The molecule has 1 fully saturated rings. The van der Waals surface area contributed by atoms with Crippen LogP contribution in [0.1, 0.15) is 73.4 Å². The molecule has 1 N–H and O–H groups in total. The van der Waals surface area contributed by atoms with Gasteiger partial charge < -0.3 is 14.4 Å². The zero-order chi connectivity index (χ0) is 29.5. The number of ether oxygens (including phenoxy) is 2. The Morgan fingerprint density at radius 3 is 2.79 bits per heavy atom. The van der Waals surface area contributed by atoms with E-state index in [9.17, 15) is 13.2 Å². The number of methoxy groups -OCH3 is 1. The number of nitrogens with zero attached hydrogens (tertiary/aromatic N) is 1. The van der Waals surface area contributed by atoms with Crippen LogP contribution >= 0.6 is 11.6 Å². The fourth-order valence-corrected chi connectivity index (χ4v) is 9.17. The van der Waals surface area contributed by atoms with Crippen molar-refractivity contribution in [1.29, 1.82) is 0 Å². The molecule has 1 amide bonds. The second-order valence-corrected chi connectivity index (χ2v) is 14.9. The first-order valence-electron chi connectivity index (χ1n) is 15.3. The first-order chi connectivity index (χ1) is 20.2. The number of hydrogen-bond acceptors (Lipinski definition) is 6.